The molecule has 0 bridgehead atoms. The molecule has 2 aromatic carbocycles. The van der Waals surface area contributed by atoms with Crippen molar-refractivity contribution in [1.29, 1.82) is 0 Å². The van der Waals surface area contributed by atoms with Crippen molar-refractivity contribution in [3.8, 4) is 5.75 Å². The van der Waals surface area contributed by atoms with E-state index in [-0.39, 0.29) is 5.56 Å². The molecule has 0 unspecified atom stereocenters. The summed E-state index contributed by atoms with van der Waals surface area (Å²) in [5.41, 5.74) is 4.70. The van der Waals surface area contributed by atoms with Gasteiger partial charge in [-0.15, -0.1) is 5.10 Å². The van der Waals surface area contributed by atoms with E-state index in [9.17, 15) is 4.79 Å². The second-order valence-electron chi connectivity index (χ2n) is 9.42. The Balaban J connectivity index is 1.52. The van der Waals surface area contributed by atoms with Gasteiger partial charge < -0.3 is 19.4 Å². The van der Waals surface area contributed by atoms with Crippen LogP contribution in [0.3, 0.4) is 0 Å². The van der Waals surface area contributed by atoms with Crippen molar-refractivity contribution in [2.75, 3.05) is 51.9 Å². The van der Waals surface area contributed by atoms with Gasteiger partial charge in [-0.3, -0.25) is 9.69 Å². The van der Waals surface area contributed by atoms with Crippen LogP contribution in [0, 0.1) is 13.8 Å². The van der Waals surface area contributed by atoms with Crippen LogP contribution in [0.2, 0.25) is 0 Å². The van der Waals surface area contributed by atoms with Gasteiger partial charge in [0.2, 0.25) is 0 Å². The van der Waals surface area contributed by atoms with Crippen LogP contribution in [0.5, 0.6) is 5.75 Å². The van der Waals surface area contributed by atoms with Crippen molar-refractivity contribution in [3.63, 3.8) is 0 Å². The maximum absolute atomic E-state index is 13.5. The van der Waals surface area contributed by atoms with Gasteiger partial charge in [-0.2, -0.15) is 0 Å². The van der Waals surface area contributed by atoms with Gasteiger partial charge in [0.05, 0.1) is 25.8 Å². The lowest BCUT2D eigenvalue weighted by atomic mass is 9.99. The van der Waals surface area contributed by atoms with Gasteiger partial charge in [0.25, 0.3) is 5.56 Å². The van der Waals surface area contributed by atoms with Crippen molar-refractivity contribution in [1.82, 2.24) is 30.1 Å². The standard InChI is InChI=1S/C27H33N7O3/c1-18-5-6-19(2)24-22(18)17-23(27(35)28-24)25(26-29-30-31-34(26)15-16-36-3)33-13-11-32(12-14-33)20-7-9-21(37-4)10-8-20/h5-10,17,25H,11-16H2,1-4H3,(H,28,35)/t25-/m0/s1. The van der Waals surface area contributed by atoms with E-state index >= 15 is 0 Å². The highest BCUT2D eigenvalue weighted by Crippen LogP contribution is 2.30. The summed E-state index contributed by atoms with van der Waals surface area (Å²) in [6.45, 7) is 8.18. The molecule has 1 fully saturated rings. The highest BCUT2D eigenvalue weighted by Gasteiger charge is 2.33. The topological polar surface area (TPSA) is 101 Å². The number of ether oxygens (including phenoxy) is 2. The van der Waals surface area contributed by atoms with Gasteiger partial charge in [0, 0.05) is 49.9 Å². The van der Waals surface area contributed by atoms with Crippen molar-refractivity contribution in [2.24, 2.45) is 0 Å². The summed E-state index contributed by atoms with van der Waals surface area (Å²) in [6.07, 6.45) is 0. The predicted octanol–water partition coefficient (Wildman–Crippen LogP) is 2.70. The lowest BCUT2D eigenvalue weighted by Gasteiger charge is -2.39. The molecule has 1 aliphatic heterocycles. The zero-order valence-corrected chi connectivity index (χ0v) is 21.8. The summed E-state index contributed by atoms with van der Waals surface area (Å²) >= 11 is 0. The number of anilines is 1. The minimum atomic E-state index is -0.391. The molecule has 1 saturated heterocycles. The van der Waals surface area contributed by atoms with Crippen molar-refractivity contribution in [3.05, 3.63) is 75.3 Å². The van der Waals surface area contributed by atoms with Gasteiger partial charge in [0.15, 0.2) is 5.82 Å². The molecular formula is C27H33N7O3. The molecule has 0 aliphatic carbocycles. The Hall–Kier alpha value is -3.76. The number of aromatic nitrogens is 5. The highest BCUT2D eigenvalue weighted by atomic mass is 16.5. The summed E-state index contributed by atoms with van der Waals surface area (Å²) < 4.78 is 12.3. The van der Waals surface area contributed by atoms with Crippen molar-refractivity contribution < 1.29 is 9.47 Å². The number of H-pyrrole nitrogens is 1. The number of hydrogen-bond acceptors (Lipinski definition) is 8. The van der Waals surface area contributed by atoms with E-state index < -0.39 is 6.04 Å². The van der Waals surface area contributed by atoms with E-state index in [0.29, 0.717) is 24.5 Å². The molecule has 0 saturated carbocycles. The first kappa shape index (κ1) is 24.9. The molecule has 1 aliphatic rings. The fraction of sp³-hybridized carbons (Fsp3) is 0.407. The third kappa shape index (κ3) is 4.94. The minimum absolute atomic E-state index is 0.120. The number of methoxy groups -OCH3 is 2. The highest BCUT2D eigenvalue weighted by molar-refractivity contribution is 5.85. The second-order valence-corrected chi connectivity index (χ2v) is 9.42. The first-order valence-electron chi connectivity index (χ1n) is 12.5. The predicted molar refractivity (Wildman–Crippen MR) is 142 cm³/mol. The second kappa shape index (κ2) is 10.7. The Morgan fingerprint density at radius 3 is 2.43 bits per heavy atom. The zero-order valence-electron chi connectivity index (χ0n) is 21.8. The van der Waals surface area contributed by atoms with E-state index in [1.165, 1.54) is 0 Å². The Labute approximate surface area is 215 Å². The zero-order chi connectivity index (χ0) is 25.9. The molecule has 2 aromatic heterocycles. The number of piperazine rings is 1. The summed E-state index contributed by atoms with van der Waals surface area (Å²) in [4.78, 5) is 21.3. The number of rotatable bonds is 8. The number of aryl methyl sites for hydroxylation is 2. The molecule has 1 atom stereocenters. The average molecular weight is 504 g/mol. The number of tetrazole rings is 1. The maximum Gasteiger partial charge on any atom is 0.253 e. The van der Waals surface area contributed by atoms with E-state index in [1.54, 1.807) is 18.9 Å². The molecule has 0 amide bonds. The molecule has 3 heterocycles. The van der Waals surface area contributed by atoms with Crippen LogP contribution in [-0.4, -0.2) is 77.1 Å². The molecule has 10 heteroatoms. The Morgan fingerprint density at radius 2 is 1.73 bits per heavy atom. The summed E-state index contributed by atoms with van der Waals surface area (Å²) in [6, 6.07) is 13.9. The van der Waals surface area contributed by atoms with Crippen LogP contribution < -0.4 is 15.2 Å². The SMILES string of the molecule is COCCn1nnnc1[C@H](c1cc2c(C)ccc(C)c2[nH]c1=O)N1CCN(c2ccc(OC)cc2)CC1. The summed E-state index contributed by atoms with van der Waals surface area (Å²) in [7, 11) is 3.32. The Kier molecular flexibility index (Phi) is 7.20. The maximum atomic E-state index is 13.5. The number of hydrogen-bond donors (Lipinski definition) is 1. The average Bonchev–Trinajstić information content (AvgIpc) is 3.39. The van der Waals surface area contributed by atoms with Crippen LogP contribution in [0.15, 0.2) is 47.3 Å². The van der Waals surface area contributed by atoms with Crippen LogP contribution in [0.25, 0.3) is 10.9 Å². The number of nitrogens with one attached hydrogen (secondary N) is 1. The molecular weight excluding hydrogens is 470 g/mol. The Morgan fingerprint density at radius 1 is 1.00 bits per heavy atom. The molecule has 194 valence electrons. The number of aromatic amines is 1. The fourth-order valence-electron chi connectivity index (χ4n) is 5.07. The lowest BCUT2D eigenvalue weighted by Crippen LogP contribution is -2.49. The monoisotopic (exact) mass is 503 g/mol. The fourth-order valence-corrected chi connectivity index (χ4v) is 5.07. The van der Waals surface area contributed by atoms with Gasteiger partial charge in [-0.05, 0) is 65.7 Å². The van der Waals surface area contributed by atoms with E-state index in [0.717, 1.165) is 59.6 Å². The quantitative estimate of drug-likeness (QED) is 0.392. The van der Waals surface area contributed by atoms with Crippen LogP contribution in [-0.2, 0) is 11.3 Å². The molecule has 0 radical (unpaired) electrons. The summed E-state index contributed by atoms with van der Waals surface area (Å²) in [5.74, 6) is 1.48. The first-order valence-corrected chi connectivity index (χ1v) is 12.5. The molecule has 5 rings (SSSR count). The minimum Gasteiger partial charge on any atom is -0.497 e. The van der Waals surface area contributed by atoms with Gasteiger partial charge in [-0.25, -0.2) is 4.68 Å². The molecule has 4 aromatic rings. The van der Waals surface area contributed by atoms with E-state index in [4.69, 9.17) is 9.47 Å². The Bertz CT molecular complexity index is 1420. The normalized spacial score (nSPS) is 15.3. The van der Waals surface area contributed by atoms with Gasteiger partial charge in [0.1, 0.15) is 11.8 Å². The van der Waals surface area contributed by atoms with Gasteiger partial charge in [-0.1, -0.05) is 12.1 Å². The third-order valence-electron chi connectivity index (χ3n) is 7.20. The molecule has 37 heavy (non-hydrogen) atoms. The van der Waals surface area contributed by atoms with Crippen LogP contribution >= 0.6 is 0 Å². The van der Waals surface area contributed by atoms with Crippen LogP contribution in [0.1, 0.15) is 28.6 Å². The molecule has 10 nitrogen and oxygen atoms in total. The number of pyridine rings is 1. The third-order valence-corrected chi connectivity index (χ3v) is 7.20. The molecule has 1 N–H and O–H groups in total. The largest absolute Gasteiger partial charge is 0.497 e. The lowest BCUT2D eigenvalue weighted by molar-refractivity contribution is 0.171. The smallest absolute Gasteiger partial charge is 0.253 e. The van der Waals surface area contributed by atoms with Crippen molar-refractivity contribution >= 4 is 16.6 Å². The van der Waals surface area contributed by atoms with E-state index in [1.807, 2.05) is 31.2 Å². The number of benzene rings is 2. The summed E-state index contributed by atoms with van der Waals surface area (Å²) in [5, 5.41) is 13.6. The van der Waals surface area contributed by atoms with Gasteiger partial charge >= 0.3 is 0 Å². The first-order chi connectivity index (χ1) is 18.0. The van der Waals surface area contributed by atoms with Crippen molar-refractivity contribution in [2.45, 2.75) is 26.4 Å². The number of fused-ring (bicyclic) bond motifs is 1. The molecule has 0 spiro atoms. The number of nitrogens with zero attached hydrogens (tertiary/aromatic N) is 6. The van der Waals surface area contributed by atoms with Crippen LogP contribution in [0.4, 0.5) is 5.69 Å². The van der Waals surface area contributed by atoms with E-state index in [2.05, 4.69) is 55.4 Å².